The van der Waals surface area contributed by atoms with Crippen LogP contribution in [0.5, 0.6) is 0 Å². The number of hydrogen-bond acceptors (Lipinski definition) is 3. The van der Waals surface area contributed by atoms with E-state index in [-0.39, 0.29) is 18.6 Å². The lowest BCUT2D eigenvalue weighted by Crippen LogP contribution is -2.35. The number of ether oxygens (including phenoxy) is 1. The zero-order valence-corrected chi connectivity index (χ0v) is 10.7. The van der Waals surface area contributed by atoms with Crippen molar-refractivity contribution < 1.29 is 14.6 Å². The molecule has 0 spiro atoms. The molecule has 4 heteroatoms. The molecule has 0 radical (unpaired) electrons. The second-order valence-corrected chi connectivity index (χ2v) is 5.63. The third-order valence-corrected chi connectivity index (χ3v) is 2.97. The first-order valence-electron chi connectivity index (χ1n) is 5.92. The van der Waals surface area contributed by atoms with E-state index in [2.05, 4.69) is 0 Å². The molecule has 0 aromatic carbocycles. The number of carbonyl (C=O) groups is 1. The van der Waals surface area contributed by atoms with E-state index in [4.69, 9.17) is 9.84 Å². The summed E-state index contributed by atoms with van der Waals surface area (Å²) in [6.07, 6.45) is 0.723. The highest BCUT2D eigenvalue weighted by atomic mass is 16.6. The first kappa shape index (κ1) is 13.3. The van der Waals surface area contributed by atoms with Crippen molar-refractivity contribution in [2.45, 2.75) is 39.7 Å². The van der Waals surface area contributed by atoms with Gasteiger partial charge in [-0.3, -0.25) is 0 Å². The zero-order valence-electron chi connectivity index (χ0n) is 10.7. The van der Waals surface area contributed by atoms with Crippen LogP contribution in [0.3, 0.4) is 0 Å². The Morgan fingerprint density at radius 3 is 2.69 bits per heavy atom. The van der Waals surface area contributed by atoms with Crippen LogP contribution < -0.4 is 0 Å². The topological polar surface area (TPSA) is 49.8 Å². The molecular weight excluding hydrogens is 206 g/mol. The van der Waals surface area contributed by atoms with Gasteiger partial charge in [-0.2, -0.15) is 0 Å². The minimum absolute atomic E-state index is 0.187. The summed E-state index contributed by atoms with van der Waals surface area (Å²) in [5, 5.41) is 9.07. The quantitative estimate of drug-likeness (QED) is 0.786. The summed E-state index contributed by atoms with van der Waals surface area (Å²) in [5.74, 6) is 0.657. The van der Waals surface area contributed by atoms with Crippen molar-refractivity contribution in [1.82, 2.24) is 4.90 Å². The molecule has 1 N–H and O–H groups in total. The molecule has 1 saturated heterocycles. The number of amides is 1. The maximum atomic E-state index is 11.8. The first-order valence-corrected chi connectivity index (χ1v) is 5.92. The van der Waals surface area contributed by atoms with Gasteiger partial charge in [0, 0.05) is 19.7 Å². The van der Waals surface area contributed by atoms with Gasteiger partial charge in [0.25, 0.3) is 0 Å². The molecule has 0 bridgehead atoms. The number of carbonyl (C=O) groups excluding carboxylic acids is 1. The Kier molecular flexibility index (Phi) is 4.19. The van der Waals surface area contributed by atoms with Gasteiger partial charge in [-0.05, 0) is 39.0 Å². The van der Waals surface area contributed by atoms with Crippen molar-refractivity contribution in [3.8, 4) is 0 Å². The van der Waals surface area contributed by atoms with Gasteiger partial charge in [-0.25, -0.2) is 4.79 Å². The van der Waals surface area contributed by atoms with E-state index in [1.54, 1.807) is 4.90 Å². The molecule has 1 heterocycles. The second kappa shape index (κ2) is 5.04. The number of aliphatic hydroxyl groups excluding tert-OH is 1. The average molecular weight is 229 g/mol. The normalized spacial score (nSPS) is 23.3. The van der Waals surface area contributed by atoms with Gasteiger partial charge >= 0.3 is 6.09 Å². The Hall–Kier alpha value is -0.770. The molecule has 0 aliphatic carbocycles. The van der Waals surface area contributed by atoms with Crippen LogP contribution in [0.4, 0.5) is 4.79 Å². The Morgan fingerprint density at radius 2 is 2.19 bits per heavy atom. The molecule has 1 unspecified atom stereocenters. The SMILES string of the molecule is CC(CO)[C@@H]1CCN(C(=O)OC(C)(C)C)C1. The van der Waals surface area contributed by atoms with Crippen molar-refractivity contribution in [1.29, 1.82) is 0 Å². The summed E-state index contributed by atoms with van der Waals surface area (Å²) in [5.41, 5.74) is -0.433. The lowest BCUT2D eigenvalue weighted by atomic mass is 9.94. The highest BCUT2D eigenvalue weighted by Gasteiger charge is 2.31. The van der Waals surface area contributed by atoms with Gasteiger partial charge in [0.15, 0.2) is 0 Å². The van der Waals surface area contributed by atoms with Crippen LogP contribution in [0.2, 0.25) is 0 Å². The second-order valence-electron chi connectivity index (χ2n) is 5.63. The van der Waals surface area contributed by atoms with E-state index in [1.807, 2.05) is 27.7 Å². The van der Waals surface area contributed by atoms with E-state index >= 15 is 0 Å². The van der Waals surface area contributed by atoms with Gasteiger partial charge in [-0.15, -0.1) is 0 Å². The minimum atomic E-state index is -0.433. The summed E-state index contributed by atoms with van der Waals surface area (Å²) >= 11 is 0. The lowest BCUT2D eigenvalue weighted by molar-refractivity contribution is 0.0280. The molecule has 0 aromatic heterocycles. The molecule has 4 nitrogen and oxygen atoms in total. The fourth-order valence-electron chi connectivity index (χ4n) is 1.89. The molecule has 16 heavy (non-hydrogen) atoms. The molecule has 1 aliphatic heterocycles. The Labute approximate surface area is 97.6 Å². The number of rotatable bonds is 2. The maximum Gasteiger partial charge on any atom is 0.410 e. The Balaban J connectivity index is 2.44. The molecule has 1 fully saturated rings. The molecular formula is C12H23NO3. The summed E-state index contributed by atoms with van der Waals surface area (Å²) in [4.78, 5) is 13.5. The average Bonchev–Trinajstić information content (AvgIpc) is 2.62. The van der Waals surface area contributed by atoms with Crippen LogP contribution in [0.15, 0.2) is 0 Å². The molecule has 0 aromatic rings. The predicted octanol–water partition coefficient (Wildman–Crippen LogP) is 1.87. The van der Waals surface area contributed by atoms with E-state index in [1.165, 1.54) is 0 Å². The number of hydrogen-bond donors (Lipinski definition) is 1. The van der Waals surface area contributed by atoms with Crippen LogP contribution in [0.25, 0.3) is 0 Å². The summed E-state index contributed by atoms with van der Waals surface area (Å²) in [7, 11) is 0. The Bertz CT molecular complexity index is 247. The molecule has 94 valence electrons. The smallest absolute Gasteiger partial charge is 0.410 e. The fourth-order valence-corrected chi connectivity index (χ4v) is 1.89. The highest BCUT2D eigenvalue weighted by Crippen LogP contribution is 2.25. The van der Waals surface area contributed by atoms with E-state index in [9.17, 15) is 4.79 Å². The third-order valence-electron chi connectivity index (χ3n) is 2.97. The van der Waals surface area contributed by atoms with Gasteiger partial charge in [0.2, 0.25) is 0 Å². The summed E-state index contributed by atoms with van der Waals surface area (Å²) < 4.78 is 5.31. The van der Waals surface area contributed by atoms with Crippen molar-refractivity contribution in [3.63, 3.8) is 0 Å². The van der Waals surface area contributed by atoms with Crippen LogP contribution in [-0.2, 0) is 4.74 Å². The molecule has 0 saturated carbocycles. The van der Waals surface area contributed by atoms with E-state index in [0.29, 0.717) is 12.5 Å². The molecule has 1 amide bonds. The molecule has 1 aliphatic rings. The summed E-state index contributed by atoms with van der Waals surface area (Å²) in [6.45, 7) is 9.26. The molecule has 2 atom stereocenters. The van der Waals surface area contributed by atoms with Crippen LogP contribution >= 0.6 is 0 Å². The van der Waals surface area contributed by atoms with Gasteiger partial charge < -0.3 is 14.7 Å². The first-order chi connectivity index (χ1) is 7.33. The van der Waals surface area contributed by atoms with E-state index < -0.39 is 5.60 Å². The van der Waals surface area contributed by atoms with Crippen molar-refractivity contribution in [2.24, 2.45) is 11.8 Å². The summed E-state index contributed by atoms with van der Waals surface area (Å²) in [6, 6.07) is 0. The van der Waals surface area contributed by atoms with Crippen molar-refractivity contribution in [3.05, 3.63) is 0 Å². The van der Waals surface area contributed by atoms with Gasteiger partial charge in [-0.1, -0.05) is 6.92 Å². The number of nitrogens with zero attached hydrogens (tertiary/aromatic N) is 1. The van der Waals surface area contributed by atoms with Crippen LogP contribution in [-0.4, -0.2) is 41.4 Å². The number of likely N-dealkylation sites (tertiary alicyclic amines) is 1. The standard InChI is InChI=1S/C12H23NO3/c1-9(8-14)10-5-6-13(7-10)11(15)16-12(2,3)4/h9-10,14H,5-8H2,1-4H3/t9?,10-/m1/s1. The van der Waals surface area contributed by atoms with Gasteiger partial charge in [0.05, 0.1) is 0 Å². The van der Waals surface area contributed by atoms with E-state index in [0.717, 1.165) is 13.0 Å². The van der Waals surface area contributed by atoms with Gasteiger partial charge in [0.1, 0.15) is 5.60 Å². The molecule has 1 rings (SSSR count). The maximum absolute atomic E-state index is 11.8. The van der Waals surface area contributed by atoms with Crippen molar-refractivity contribution >= 4 is 6.09 Å². The zero-order chi connectivity index (χ0) is 12.3. The largest absolute Gasteiger partial charge is 0.444 e. The lowest BCUT2D eigenvalue weighted by Gasteiger charge is -2.25. The van der Waals surface area contributed by atoms with Crippen molar-refractivity contribution in [2.75, 3.05) is 19.7 Å². The highest BCUT2D eigenvalue weighted by molar-refractivity contribution is 5.68. The predicted molar refractivity (Wildman–Crippen MR) is 62.2 cm³/mol. The van der Waals surface area contributed by atoms with Crippen LogP contribution in [0.1, 0.15) is 34.1 Å². The monoisotopic (exact) mass is 229 g/mol. The Morgan fingerprint density at radius 1 is 1.56 bits per heavy atom. The number of aliphatic hydroxyl groups is 1. The van der Waals surface area contributed by atoms with Crippen LogP contribution in [0, 0.1) is 11.8 Å². The fraction of sp³-hybridized carbons (Fsp3) is 0.917. The minimum Gasteiger partial charge on any atom is -0.444 e. The third kappa shape index (κ3) is 3.67.